The molecule has 0 saturated heterocycles. The van der Waals surface area contributed by atoms with E-state index in [9.17, 15) is 4.79 Å². The maximum atomic E-state index is 12.5. The predicted molar refractivity (Wildman–Crippen MR) is 106 cm³/mol. The molecule has 3 aromatic rings. The number of aromatic nitrogens is 1. The van der Waals surface area contributed by atoms with Crippen molar-refractivity contribution in [3.05, 3.63) is 89.7 Å². The molecule has 2 aromatic carbocycles. The van der Waals surface area contributed by atoms with Crippen molar-refractivity contribution in [2.45, 2.75) is 19.9 Å². The fourth-order valence-corrected chi connectivity index (χ4v) is 2.71. The highest BCUT2D eigenvalue weighted by molar-refractivity contribution is 5.92. The summed E-state index contributed by atoms with van der Waals surface area (Å²) in [6.07, 6.45) is 2.71. The first-order chi connectivity index (χ1) is 12.7. The van der Waals surface area contributed by atoms with Crippen LogP contribution in [0.1, 0.15) is 28.5 Å². The summed E-state index contributed by atoms with van der Waals surface area (Å²) >= 11 is 0. The maximum absolute atomic E-state index is 12.5. The van der Waals surface area contributed by atoms with Crippen LogP contribution in [0, 0.1) is 0 Å². The predicted octanol–water partition coefficient (Wildman–Crippen LogP) is 4.66. The third kappa shape index (κ3) is 4.48. The Bertz CT molecular complexity index is 843. The molecule has 0 aliphatic rings. The molecule has 0 aliphatic heterocycles. The van der Waals surface area contributed by atoms with Crippen LogP contribution in [0.25, 0.3) is 0 Å². The third-order valence-electron chi connectivity index (χ3n) is 4.24. The Morgan fingerprint density at radius 1 is 0.923 bits per heavy atom. The highest BCUT2D eigenvalue weighted by atomic mass is 16.2. The largest absolute Gasteiger partial charge is 0.354 e. The molecule has 0 aliphatic carbocycles. The molecule has 0 fully saturated rings. The number of aryl methyl sites for hydroxylation is 1. The number of hydrogen-bond donors (Lipinski definition) is 1. The zero-order valence-corrected chi connectivity index (χ0v) is 15.1. The molecule has 4 heteroatoms. The van der Waals surface area contributed by atoms with Crippen LogP contribution in [0.15, 0.2) is 72.9 Å². The first-order valence-electron chi connectivity index (χ1n) is 8.77. The van der Waals surface area contributed by atoms with E-state index >= 15 is 0 Å². The lowest BCUT2D eigenvalue weighted by Crippen LogP contribution is -2.26. The summed E-state index contributed by atoms with van der Waals surface area (Å²) in [4.78, 5) is 18.5. The molecule has 1 aromatic heterocycles. The summed E-state index contributed by atoms with van der Waals surface area (Å²) in [7, 11) is 1.79. The quantitative estimate of drug-likeness (QED) is 0.707. The Morgan fingerprint density at radius 2 is 1.62 bits per heavy atom. The monoisotopic (exact) mass is 345 g/mol. The zero-order valence-electron chi connectivity index (χ0n) is 15.1. The molecule has 0 saturated carbocycles. The molecular weight excluding hydrogens is 322 g/mol. The number of carbonyl (C=O) groups excluding carboxylic acids is 1. The van der Waals surface area contributed by atoms with Gasteiger partial charge in [0.05, 0.1) is 11.9 Å². The van der Waals surface area contributed by atoms with Crippen molar-refractivity contribution in [1.82, 2.24) is 9.88 Å². The van der Waals surface area contributed by atoms with Gasteiger partial charge < -0.3 is 10.2 Å². The smallest absolute Gasteiger partial charge is 0.272 e. The van der Waals surface area contributed by atoms with E-state index in [4.69, 9.17) is 0 Å². The first-order valence-corrected chi connectivity index (χ1v) is 8.77. The van der Waals surface area contributed by atoms with Crippen LogP contribution in [0.3, 0.4) is 0 Å². The number of nitrogens with one attached hydrogen (secondary N) is 1. The lowest BCUT2D eigenvalue weighted by atomic mass is 10.1. The van der Waals surface area contributed by atoms with Crippen LogP contribution in [0.2, 0.25) is 0 Å². The number of anilines is 2. The highest BCUT2D eigenvalue weighted by Crippen LogP contribution is 2.17. The summed E-state index contributed by atoms with van der Waals surface area (Å²) in [5, 5.41) is 3.30. The van der Waals surface area contributed by atoms with E-state index in [0.29, 0.717) is 12.2 Å². The van der Waals surface area contributed by atoms with E-state index < -0.39 is 0 Å². The standard InChI is InChI=1S/C22H23N3O/c1-3-17-9-11-19(12-10-17)24-20-13-14-21(23-15-20)22(26)25(2)16-18-7-5-4-6-8-18/h4-15,24H,3,16H2,1-2H3. The minimum absolute atomic E-state index is 0.0901. The van der Waals surface area contributed by atoms with E-state index in [1.165, 1.54) is 5.56 Å². The average Bonchev–Trinajstić information content (AvgIpc) is 2.69. The van der Waals surface area contributed by atoms with Crippen molar-refractivity contribution in [1.29, 1.82) is 0 Å². The number of amides is 1. The molecule has 0 radical (unpaired) electrons. The average molecular weight is 345 g/mol. The van der Waals surface area contributed by atoms with Crippen molar-refractivity contribution < 1.29 is 4.79 Å². The van der Waals surface area contributed by atoms with Gasteiger partial charge in [0.15, 0.2) is 0 Å². The topological polar surface area (TPSA) is 45.2 Å². The van der Waals surface area contributed by atoms with Crippen LogP contribution in [-0.4, -0.2) is 22.8 Å². The first kappa shape index (κ1) is 17.7. The molecule has 0 atom stereocenters. The van der Waals surface area contributed by atoms with Gasteiger partial charge in [-0.1, -0.05) is 49.4 Å². The lowest BCUT2D eigenvalue weighted by Gasteiger charge is -2.17. The molecule has 0 bridgehead atoms. The van der Waals surface area contributed by atoms with E-state index in [1.54, 1.807) is 24.2 Å². The summed E-state index contributed by atoms with van der Waals surface area (Å²) in [6.45, 7) is 2.70. The van der Waals surface area contributed by atoms with Gasteiger partial charge in [-0.2, -0.15) is 0 Å². The fourth-order valence-electron chi connectivity index (χ4n) is 2.71. The molecular formula is C22H23N3O. The fraction of sp³-hybridized carbons (Fsp3) is 0.182. The third-order valence-corrected chi connectivity index (χ3v) is 4.24. The van der Waals surface area contributed by atoms with E-state index in [-0.39, 0.29) is 5.91 Å². The summed E-state index contributed by atoms with van der Waals surface area (Å²) in [5.74, 6) is -0.0901. The van der Waals surface area contributed by atoms with Gasteiger partial charge in [0.25, 0.3) is 5.91 Å². The van der Waals surface area contributed by atoms with Crippen LogP contribution < -0.4 is 5.32 Å². The van der Waals surface area contributed by atoms with Crippen molar-refractivity contribution >= 4 is 17.3 Å². The normalized spacial score (nSPS) is 10.4. The molecule has 1 N–H and O–H groups in total. The molecule has 1 heterocycles. The van der Waals surface area contributed by atoms with Gasteiger partial charge in [-0.05, 0) is 41.8 Å². The van der Waals surface area contributed by atoms with Crippen molar-refractivity contribution in [2.24, 2.45) is 0 Å². The Morgan fingerprint density at radius 3 is 2.23 bits per heavy atom. The zero-order chi connectivity index (χ0) is 18.4. The number of benzene rings is 2. The summed E-state index contributed by atoms with van der Waals surface area (Å²) in [5.41, 5.74) is 4.70. The number of hydrogen-bond acceptors (Lipinski definition) is 3. The van der Waals surface area contributed by atoms with Crippen LogP contribution in [0.5, 0.6) is 0 Å². The van der Waals surface area contributed by atoms with E-state index in [2.05, 4.69) is 29.4 Å². The summed E-state index contributed by atoms with van der Waals surface area (Å²) in [6, 6.07) is 21.9. The minimum Gasteiger partial charge on any atom is -0.354 e. The summed E-state index contributed by atoms with van der Waals surface area (Å²) < 4.78 is 0. The van der Waals surface area contributed by atoms with Crippen LogP contribution in [-0.2, 0) is 13.0 Å². The minimum atomic E-state index is -0.0901. The Kier molecular flexibility index (Phi) is 5.64. The van der Waals surface area contributed by atoms with Gasteiger partial charge in [-0.25, -0.2) is 4.98 Å². The second-order valence-electron chi connectivity index (χ2n) is 6.25. The molecule has 26 heavy (non-hydrogen) atoms. The molecule has 132 valence electrons. The molecule has 0 unspecified atom stereocenters. The Balaban J connectivity index is 1.63. The van der Waals surface area contributed by atoms with Gasteiger partial charge in [-0.15, -0.1) is 0 Å². The lowest BCUT2D eigenvalue weighted by molar-refractivity contribution is 0.0779. The second kappa shape index (κ2) is 8.30. The van der Waals surface area contributed by atoms with Gasteiger partial charge in [0.2, 0.25) is 0 Å². The molecule has 1 amide bonds. The second-order valence-corrected chi connectivity index (χ2v) is 6.25. The maximum Gasteiger partial charge on any atom is 0.272 e. The van der Waals surface area contributed by atoms with Gasteiger partial charge in [0.1, 0.15) is 5.69 Å². The number of carbonyl (C=O) groups is 1. The van der Waals surface area contributed by atoms with Crippen molar-refractivity contribution in [2.75, 3.05) is 12.4 Å². The number of rotatable bonds is 6. The SMILES string of the molecule is CCc1ccc(Nc2ccc(C(=O)N(C)Cc3ccccc3)nc2)cc1. The Labute approximate surface area is 154 Å². The van der Waals surface area contributed by atoms with Gasteiger partial charge in [-0.3, -0.25) is 4.79 Å². The van der Waals surface area contributed by atoms with Gasteiger partial charge in [0, 0.05) is 19.3 Å². The van der Waals surface area contributed by atoms with Crippen molar-refractivity contribution in [3.8, 4) is 0 Å². The highest BCUT2D eigenvalue weighted by Gasteiger charge is 2.13. The number of pyridine rings is 1. The van der Waals surface area contributed by atoms with E-state index in [1.807, 2.05) is 48.5 Å². The van der Waals surface area contributed by atoms with Crippen LogP contribution >= 0.6 is 0 Å². The molecule has 3 rings (SSSR count). The van der Waals surface area contributed by atoms with Gasteiger partial charge >= 0.3 is 0 Å². The van der Waals surface area contributed by atoms with E-state index in [0.717, 1.165) is 23.4 Å². The number of nitrogens with zero attached hydrogens (tertiary/aromatic N) is 2. The van der Waals surface area contributed by atoms with Crippen molar-refractivity contribution in [3.63, 3.8) is 0 Å². The molecule has 4 nitrogen and oxygen atoms in total. The molecule has 0 spiro atoms. The van der Waals surface area contributed by atoms with Crippen LogP contribution in [0.4, 0.5) is 11.4 Å². The Hall–Kier alpha value is -3.14.